The molecule has 1 aliphatic rings. The Hall–Kier alpha value is 0. The van der Waals surface area contributed by atoms with Gasteiger partial charge in [0.2, 0.25) is 0 Å². The fraction of sp³-hybridized carbons (Fsp3) is 1.00. The summed E-state index contributed by atoms with van der Waals surface area (Å²) in [4.78, 5) is 0. The van der Waals surface area contributed by atoms with Crippen molar-refractivity contribution < 1.29 is 0 Å². The monoisotopic (exact) mass is 182 g/mol. The van der Waals surface area contributed by atoms with Gasteiger partial charge in [0.25, 0.3) is 0 Å². The van der Waals surface area contributed by atoms with Crippen molar-refractivity contribution in [2.24, 2.45) is 17.8 Å². The van der Waals surface area contributed by atoms with Crippen LogP contribution in [-0.4, -0.2) is 0 Å². The van der Waals surface area contributed by atoms with Crippen LogP contribution in [0, 0.1) is 17.8 Å². The largest absolute Gasteiger partial charge is 0.0651 e. The molecule has 0 N–H and O–H groups in total. The van der Waals surface area contributed by atoms with Crippen LogP contribution in [-0.2, 0) is 0 Å². The van der Waals surface area contributed by atoms with Crippen LogP contribution in [0.5, 0.6) is 0 Å². The number of hydrogen-bond acceptors (Lipinski definition) is 0. The van der Waals surface area contributed by atoms with E-state index in [9.17, 15) is 0 Å². The predicted molar refractivity (Wildman–Crippen MR) is 59.8 cm³/mol. The van der Waals surface area contributed by atoms with Crippen molar-refractivity contribution in [3.63, 3.8) is 0 Å². The second kappa shape index (κ2) is 5.67. The molecule has 1 rings (SSSR count). The summed E-state index contributed by atoms with van der Waals surface area (Å²) in [5, 5.41) is 0. The topological polar surface area (TPSA) is 0 Å². The maximum atomic E-state index is 2.38. The van der Waals surface area contributed by atoms with E-state index in [4.69, 9.17) is 0 Å². The highest BCUT2D eigenvalue weighted by atomic mass is 14.3. The highest BCUT2D eigenvalue weighted by Gasteiger charge is 2.22. The van der Waals surface area contributed by atoms with Crippen LogP contribution in [0.4, 0.5) is 0 Å². The van der Waals surface area contributed by atoms with Crippen molar-refractivity contribution in [2.75, 3.05) is 0 Å². The summed E-state index contributed by atoms with van der Waals surface area (Å²) in [7, 11) is 0. The van der Waals surface area contributed by atoms with Gasteiger partial charge >= 0.3 is 0 Å². The Labute approximate surface area is 84.1 Å². The number of hydrogen-bond donors (Lipinski definition) is 0. The molecule has 78 valence electrons. The van der Waals surface area contributed by atoms with Crippen LogP contribution < -0.4 is 0 Å². The van der Waals surface area contributed by atoms with E-state index in [1.807, 2.05) is 0 Å². The zero-order valence-electron chi connectivity index (χ0n) is 9.68. The highest BCUT2D eigenvalue weighted by molar-refractivity contribution is 4.74. The van der Waals surface area contributed by atoms with Crippen LogP contribution in [0.1, 0.15) is 65.7 Å². The molecular weight excluding hydrogens is 156 g/mol. The minimum Gasteiger partial charge on any atom is -0.0651 e. The summed E-state index contributed by atoms with van der Waals surface area (Å²) in [5.41, 5.74) is 0. The van der Waals surface area contributed by atoms with E-state index in [2.05, 4.69) is 20.8 Å². The molecule has 0 unspecified atom stereocenters. The Bertz CT molecular complexity index is 120. The first-order chi connectivity index (χ1) is 6.24. The Kier molecular flexibility index (Phi) is 4.83. The quantitative estimate of drug-likeness (QED) is 0.594. The van der Waals surface area contributed by atoms with Gasteiger partial charge in [0.05, 0.1) is 0 Å². The van der Waals surface area contributed by atoms with E-state index in [1.54, 1.807) is 0 Å². The molecule has 0 aromatic rings. The van der Waals surface area contributed by atoms with Gasteiger partial charge in [0.15, 0.2) is 0 Å². The van der Waals surface area contributed by atoms with Gasteiger partial charge in [-0.05, 0) is 24.2 Å². The van der Waals surface area contributed by atoms with Gasteiger partial charge in [-0.25, -0.2) is 0 Å². The smallest absolute Gasteiger partial charge is 0.0386 e. The Balaban J connectivity index is 2.34. The second-order valence-corrected chi connectivity index (χ2v) is 5.20. The van der Waals surface area contributed by atoms with Gasteiger partial charge in [-0.1, -0.05) is 59.3 Å². The Morgan fingerprint density at radius 1 is 1.08 bits per heavy atom. The van der Waals surface area contributed by atoms with E-state index in [0.717, 1.165) is 17.8 Å². The second-order valence-electron chi connectivity index (χ2n) is 5.20. The van der Waals surface area contributed by atoms with Crippen LogP contribution in [0.2, 0.25) is 0 Å². The third-order valence-corrected chi connectivity index (χ3v) is 3.62. The SMILES string of the molecule is CC[C@H](CC(C)C)C1CCCCC1. The van der Waals surface area contributed by atoms with Crippen LogP contribution in [0.15, 0.2) is 0 Å². The van der Waals surface area contributed by atoms with Crippen molar-refractivity contribution >= 4 is 0 Å². The van der Waals surface area contributed by atoms with Crippen LogP contribution in [0.3, 0.4) is 0 Å². The summed E-state index contributed by atoms with van der Waals surface area (Å²) in [6, 6.07) is 0. The van der Waals surface area contributed by atoms with Crippen molar-refractivity contribution in [3.8, 4) is 0 Å². The fourth-order valence-electron chi connectivity index (χ4n) is 2.90. The average molecular weight is 182 g/mol. The average Bonchev–Trinajstić information content (AvgIpc) is 2.15. The minimum atomic E-state index is 0.895. The van der Waals surface area contributed by atoms with Gasteiger partial charge < -0.3 is 0 Å². The minimum absolute atomic E-state index is 0.895. The third-order valence-electron chi connectivity index (χ3n) is 3.62. The molecular formula is C13H26. The molecule has 1 fully saturated rings. The molecule has 0 aromatic heterocycles. The maximum absolute atomic E-state index is 2.38. The predicted octanol–water partition coefficient (Wildman–Crippen LogP) is 4.64. The lowest BCUT2D eigenvalue weighted by Gasteiger charge is -2.30. The van der Waals surface area contributed by atoms with E-state index in [1.165, 1.54) is 44.9 Å². The lowest BCUT2D eigenvalue weighted by molar-refractivity contribution is 0.212. The van der Waals surface area contributed by atoms with E-state index in [0.29, 0.717) is 0 Å². The molecule has 0 aromatic carbocycles. The van der Waals surface area contributed by atoms with Crippen molar-refractivity contribution in [1.82, 2.24) is 0 Å². The van der Waals surface area contributed by atoms with Crippen LogP contribution >= 0.6 is 0 Å². The van der Waals surface area contributed by atoms with Gasteiger partial charge in [-0.15, -0.1) is 0 Å². The standard InChI is InChI=1S/C13H26/c1-4-12(10-11(2)3)13-8-6-5-7-9-13/h11-13H,4-10H2,1-3H3/t12-/m1/s1. The zero-order chi connectivity index (χ0) is 9.68. The molecule has 0 nitrogen and oxygen atoms in total. The fourth-order valence-corrected chi connectivity index (χ4v) is 2.90. The first-order valence-electron chi connectivity index (χ1n) is 6.24. The number of rotatable bonds is 4. The molecule has 0 heterocycles. The molecule has 0 spiro atoms. The summed E-state index contributed by atoms with van der Waals surface area (Å²) in [5.74, 6) is 2.99. The zero-order valence-corrected chi connectivity index (χ0v) is 9.68. The van der Waals surface area contributed by atoms with E-state index in [-0.39, 0.29) is 0 Å². The lowest BCUT2D eigenvalue weighted by Crippen LogP contribution is -2.18. The third kappa shape index (κ3) is 3.70. The molecule has 0 saturated heterocycles. The first kappa shape index (κ1) is 11.1. The Morgan fingerprint density at radius 2 is 1.69 bits per heavy atom. The van der Waals surface area contributed by atoms with Gasteiger partial charge in [0, 0.05) is 0 Å². The molecule has 0 aliphatic heterocycles. The van der Waals surface area contributed by atoms with Crippen molar-refractivity contribution in [3.05, 3.63) is 0 Å². The molecule has 0 amide bonds. The van der Waals surface area contributed by atoms with E-state index < -0.39 is 0 Å². The highest BCUT2D eigenvalue weighted by Crippen LogP contribution is 2.34. The van der Waals surface area contributed by atoms with Crippen molar-refractivity contribution in [2.45, 2.75) is 65.7 Å². The molecule has 0 radical (unpaired) electrons. The molecule has 0 heteroatoms. The summed E-state index contributed by atoms with van der Waals surface area (Å²) in [6.07, 6.45) is 10.4. The molecule has 1 saturated carbocycles. The normalized spacial score (nSPS) is 22.2. The summed E-state index contributed by atoms with van der Waals surface area (Å²) < 4.78 is 0. The van der Waals surface area contributed by atoms with Gasteiger partial charge in [-0.2, -0.15) is 0 Å². The summed E-state index contributed by atoms with van der Waals surface area (Å²) in [6.45, 7) is 7.11. The molecule has 0 bridgehead atoms. The van der Waals surface area contributed by atoms with Crippen molar-refractivity contribution in [1.29, 1.82) is 0 Å². The van der Waals surface area contributed by atoms with E-state index >= 15 is 0 Å². The van der Waals surface area contributed by atoms with Gasteiger partial charge in [-0.3, -0.25) is 0 Å². The lowest BCUT2D eigenvalue weighted by atomic mass is 9.75. The first-order valence-corrected chi connectivity index (χ1v) is 6.24. The summed E-state index contributed by atoms with van der Waals surface area (Å²) >= 11 is 0. The molecule has 1 aliphatic carbocycles. The Morgan fingerprint density at radius 3 is 2.15 bits per heavy atom. The molecule has 1 atom stereocenters. The van der Waals surface area contributed by atoms with Crippen LogP contribution in [0.25, 0.3) is 0 Å². The molecule has 13 heavy (non-hydrogen) atoms. The maximum Gasteiger partial charge on any atom is -0.0386 e. The van der Waals surface area contributed by atoms with Gasteiger partial charge in [0.1, 0.15) is 0 Å².